The number of aryl methyl sites for hydroxylation is 2. The molecule has 10 heteroatoms. The molecule has 0 aliphatic rings. The number of rotatable bonds is 8. The third-order valence-corrected chi connectivity index (χ3v) is 5.41. The molecule has 0 aliphatic heterocycles. The Morgan fingerprint density at radius 3 is 2.86 bits per heavy atom. The van der Waals surface area contributed by atoms with Crippen LogP contribution in [-0.4, -0.2) is 47.1 Å². The minimum Gasteiger partial charge on any atom is -0.382 e. The van der Waals surface area contributed by atoms with Crippen LogP contribution in [0, 0.1) is 0 Å². The summed E-state index contributed by atoms with van der Waals surface area (Å²) in [6.45, 7) is 3.75. The quantitative estimate of drug-likeness (QED) is 0.330. The molecule has 4 aromatic rings. The van der Waals surface area contributed by atoms with Gasteiger partial charge in [0.2, 0.25) is 5.78 Å². The van der Waals surface area contributed by atoms with Crippen LogP contribution in [0.2, 0.25) is 0 Å². The zero-order valence-electron chi connectivity index (χ0n) is 15.8. The maximum Gasteiger partial charge on any atom is 0.262 e. The van der Waals surface area contributed by atoms with Crippen molar-refractivity contribution in [3.8, 4) is 0 Å². The number of hydrogen-bond donors (Lipinski definition) is 0. The van der Waals surface area contributed by atoms with E-state index >= 15 is 0 Å². The first kappa shape index (κ1) is 18.6. The van der Waals surface area contributed by atoms with Crippen LogP contribution in [0.3, 0.4) is 0 Å². The van der Waals surface area contributed by atoms with Crippen molar-refractivity contribution in [2.24, 2.45) is 7.05 Å². The Morgan fingerprint density at radius 1 is 1.21 bits per heavy atom. The Morgan fingerprint density at radius 2 is 2.07 bits per heavy atom. The second kappa shape index (κ2) is 8.11. The van der Waals surface area contributed by atoms with Gasteiger partial charge < -0.3 is 4.74 Å². The summed E-state index contributed by atoms with van der Waals surface area (Å²) in [6, 6.07) is 7.55. The van der Waals surface area contributed by atoms with Gasteiger partial charge in [0.15, 0.2) is 5.16 Å². The maximum absolute atomic E-state index is 13.0. The fourth-order valence-corrected chi connectivity index (χ4v) is 4.00. The molecule has 0 atom stereocenters. The number of nitrogens with zero attached hydrogens (tertiary/aromatic N) is 7. The first-order valence-corrected chi connectivity index (χ1v) is 10.1. The van der Waals surface area contributed by atoms with Crippen molar-refractivity contribution in [3.05, 3.63) is 46.8 Å². The normalized spacial score (nSPS) is 11.6. The number of hydrogen-bond acceptors (Lipinski definition) is 7. The highest BCUT2D eigenvalue weighted by molar-refractivity contribution is 7.98. The highest BCUT2D eigenvalue weighted by Crippen LogP contribution is 2.24. The lowest BCUT2D eigenvalue weighted by Crippen LogP contribution is -2.24. The van der Waals surface area contributed by atoms with E-state index in [0.717, 1.165) is 17.8 Å². The molecule has 3 aromatic heterocycles. The zero-order valence-corrected chi connectivity index (χ0v) is 16.6. The van der Waals surface area contributed by atoms with Crippen molar-refractivity contribution in [2.45, 2.75) is 30.8 Å². The molecule has 0 bridgehead atoms. The predicted molar refractivity (Wildman–Crippen MR) is 106 cm³/mol. The lowest BCUT2D eigenvalue weighted by Gasteiger charge is -2.11. The van der Waals surface area contributed by atoms with Crippen LogP contribution in [0.25, 0.3) is 16.7 Å². The zero-order chi connectivity index (χ0) is 19.5. The molecule has 0 radical (unpaired) electrons. The van der Waals surface area contributed by atoms with E-state index < -0.39 is 0 Å². The van der Waals surface area contributed by atoms with E-state index in [9.17, 15) is 4.79 Å². The standard InChI is InChI=1S/C18H21N7O2S/c1-3-27-10-6-9-24-16(26)13-7-4-5-8-14(13)25-17(24)21-22-18(25)28-11-15-19-12-20-23(15)2/h4-5,7-8,12H,3,6,9-11H2,1-2H3. The van der Waals surface area contributed by atoms with E-state index in [0.29, 0.717) is 41.8 Å². The number of fused-ring (bicyclic) bond motifs is 3. The van der Waals surface area contributed by atoms with Crippen LogP contribution >= 0.6 is 11.8 Å². The summed E-state index contributed by atoms with van der Waals surface area (Å²) in [5.41, 5.74) is 0.742. The van der Waals surface area contributed by atoms with E-state index in [1.807, 2.05) is 42.6 Å². The molecular formula is C18H21N7O2S. The molecule has 0 spiro atoms. The highest BCUT2D eigenvalue weighted by Gasteiger charge is 2.17. The summed E-state index contributed by atoms with van der Waals surface area (Å²) in [5.74, 6) is 1.99. The Balaban J connectivity index is 1.77. The number of benzene rings is 1. The summed E-state index contributed by atoms with van der Waals surface area (Å²) in [4.78, 5) is 17.3. The molecule has 28 heavy (non-hydrogen) atoms. The number of aromatic nitrogens is 7. The van der Waals surface area contributed by atoms with Gasteiger partial charge in [-0.1, -0.05) is 23.9 Å². The fraction of sp³-hybridized carbons (Fsp3) is 0.389. The topological polar surface area (TPSA) is 92.1 Å². The molecule has 4 rings (SSSR count). The molecule has 0 amide bonds. The van der Waals surface area contributed by atoms with Crippen LogP contribution in [0.5, 0.6) is 0 Å². The lowest BCUT2D eigenvalue weighted by molar-refractivity contribution is 0.141. The van der Waals surface area contributed by atoms with E-state index in [2.05, 4.69) is 20.3 Å². The molecule has 0 unspecified atom stereocenters. The second-order valence-electron chi connectivity index (χ2n) is 6.23. The molecule has 146 valence electrons. The first-order chi connectivity index (χ1) is 13.7. The van der Waals surface area contributed by atoms with Crippen molar-refractivity contribution in [1.29, 1.82) is 0 Å². The number of ether oxygens (including phenoxy) is 1. The summed E-state index contributed by atoms with van der Waals surface area (Å²) in [6.07, 6.45) is 2.26. The fourth-order valence-electron chi connectivity index (χ4n) is 3.08. The van der Waals surface area contributed by atoms with Gasteiger partial charge in [-0.25, -0.2) is 4.98 Å². The molecular weight excluding hydrogens is 378 g/mol. The van der Waals surface area contributed by atoms with E-state index in [1.165, 1.54) is 18.1 Å². The minimum atomic E-state index is -0.0585. The SMILES string of the molecule is CCOCCCn1c(=O)c2ccccc2n2c(SCc3ncnn3C)nnc12. The van der Waals surface area contributed by atoms with Crippen molar-refractivity contribution in [1.82, 2.24) is 33.9 Å². The van der Waals surface area contributed by atoms with Crippen LogP contribution in [-0.2, 0) is 24.1 Å². The molecule has 0 fully saturated rings. The van der Waals surface area contributed by atoms with E-state index in [4.69, 9.17) is 4.74 Å². The van der Waals surface area contributed by atoms with Crippen molar-refractivity contribution in [3.63, 3.8) is 0 Å². The van der Waals surface area contributed by atoms with Crippen LogP contribution in [0.1, 0.15) is 19.2 Å². The largest absolute Gasteiger partial charge is 0.382 e. The molecule has 0 saturated heterocycles. The summed E-state index contributed by atoms with van der Waals surface area (Å²) in [5, 5.41) is 14.1. The Kier molecular flexibility index (Phi) is 5.40. The van der Waals surface area contributed by atoms with Gasteiger partial charge in [-0.05, 0) is 25.5 Å². The first-order valence-electron chi connectivity index (χ1n) is 9.10. The van der Waals surface area contributed by atoms with Crippen molar-refractivity contribution in [2.75, 3.05) is 13.2 Å². The van der Waals surface area contributed by atoms with Gasteiger partial charge in [0, 0.05) is 26.8 Å². The van der Waals surface area contributed by atoms with Gasteiger partial charge in [-0.15, -0.1) is 10.2 Å². The highest BCUT2D eigenvalue weighted by atomic mass is 32.2. The van der Waals surface area contributed by atoms with Gasteiger partial charge in [-0.3, -0.25) is 18.4 Å². The van der Waals surface area contributed by atoms with Crippen molar-refractivity contribution >= 4 is 28.4 Å². The third-order valence-electron chi connectivity index (χ3n) is 4.49. The van der Waals surface area contributed by atoms with E-state index in [-0.39, 0.29) is 5.56 Å². The number of thioether (sulfide) groups is 1. The Bertz CT molecular complexity index is 1160. The third kappa shape index (κ3) is 3.40. The van der Waals surface area contributed by atoms with Gasteiger partial charge in [0.05, 0.1) is 16.7 Å². The number of para-hydroxylation sites is 1. The predicted octanol–water partition coefficient (Wildman–Crippen LogP) is 1.89. The average molecular weight is 399 g/mol. The van der Waals surface area contributed by atoms with Gasteiger partial charge in [0.25, 0.3) is 5.56 Å². The summed E-state index contributed by atoms with van der Waals surface area (Å²) in [7, 11) is 1.86. The van der Waals surface area contributed by atoms with Crippen LogP contribution < -0.4 is 5.56 Å². The van der Waals surface area contributed by atoms with Crippen molar-refractivity contribution < 1.29 is 4.74 Å². The van der Waals surface area contributed by atoms with E-state index in [1.54, 1.807) is 9.25 Å². The Hall–Kier alpha value is -2.72. The summed E-state index contributed by atoms with van der Waals surface area (Å²) < 4.78 is 10.8. The van der Waals surface area contributed by atoms with Gasteiger partial charge in [0.1, 0.15) is 12.2 Å². The average Bonchev–Trinajstić information content (AvgIpc) is 3.32. The Labute approximate surface area is 165 Å². The minimum absolute atomic E-state index is 0.0585. The summed E-state index contributed by atoms with van der Waals surface area (Å²) >= 11 is 1.52. The molecule has 0 saturated carbocycles. The lowest BCUT2D eigenvalue weighted by atomic mass is 10.2. The van der Waals surface area contributed by atoms with Gasteiger partial charge in [-0.2, -0.15) is 5.10 Å². The maximum atomic E-state index is 13.0. The molecule has 3 heterocycles. The molecule has 9 nitrogen and oxygen atoms in total. The van der Waals surface area contributed by atoms with Gasteiger partial charge >= 0.3 is 0 Å². The monoisotopic (exact) mass is 399 g/mol. The van der Waals surface area contributed by atoms with Crippen LogP contribution in [0.15, 0.2) is 40.5 Å². The molecule has 0 aliphatic carbocycles. The smallest absolute Gasteiger partial charge is 0.262 e. The van der Waals surface area contributed by atoms with Crippen LogP contribution in [0.4, 0.5) is 0 Å². The molecule has 1 aromatic carbocycles. The second-order valence-corrected chi connectivity index (χ2v) is 7.17. The molecule has 0 N–H and O–H groups in total.